The summed E-state index contributed by atoms with van der Waals surface area (Å²) in [7, 11) is 0. The van der Waals surface area contributed by atoms with E-state index in [0.29, 0.717) is 10.9 Å². The summed E-state index contributed by atoms with van der Waals surface area (Å²) in [4.78, 5) is 19.3. The monoisotopic (exact) mass is 554 g/mol. The Bertz CT molecular complexity index is 913. The Morgan fingerprint density at radius 2 is 1.76 bits per heavy atom. The number of alkyl halides is 6. The molecule has 29 heavy (non-hydrogen) atoms. The van der Waals surface area contributed by atoms with Gasteiger partial charge in [0.1, 0.15) is 5.56 Å². The first-order valence-corrected chi connectivity index (χ1v) is 9.87. The number of carbonyl (C=O) groups excluding carboxylic acids is 1. The van der Waals surface area contributed by atoms with Crippen molar-refractivity contribution in [1.29, 1.82) is 0 Å². The van der Waals surface area contributed by atoms with E-state index >= 15 is 0 Å². The highest BCUT2D eigenvalue weighted by molar-refractivity contribution is 14.1. The van der Waals surface area contributed by atoms with Crippen LogP contribution in [0.2, 0.25) is 0 Å². The minimum absolute atomic E-state index is 0.192. The summed E-state index contributed by atoms with van der Waals surface area (Å²) in [5.74, 6) is -1.83. The summed E-state index contributed by atoms with van der Waals surface area (Å²) in [5.41, 5.74) is -3.83. The Hall–Kier alpha value is -1.58. The van der Waals surface area contributed by atoms with Gasteiger partial charge in [0, 0.05) is 11.4 Å². The molecule has 0 N–H and O–H groups in total. The number of aromatic nitrogens is 4. The van der Waals surface area contributed by atoms with Crippen LogP contribution in [0.1, 0.15) is 42.5 Å². The molecule has 14 heteroatoms. The topological polar surface area (TPSA) is 69.9 Å². The fraction of sp³-hybridized carbons (Fsp3) is 0.467. The molecule has 0 aliphatic rings. The zero-order valence-electron chi connectivity index (χ0n) is 15.0. The molecule has 6 nitrogen and oxygen atoms in total. The largest absolute Gasteiger partial charge is 0.462 e. The van der Waals surface area contributed by atoms with Gasteiger partial charge in [-0.05, 0) is 29.5 Å². The van der Waals surface area contributed by atoms with Gasteiger partial charge in [-0.1, -0.05) is 25.6 Å². The van der Waals surface area contributed by atoms with Gasteiger partial charge < -0.3 is 4.74 Å². The van der Waals surface area contributed by atoms with E-state index in [1.54, 1.807) is 13.8 Å². The molecule has 0 radical (unpaired) electrons. The highest BCUT2D eigenvalue weighted by Gasteiger charge is 2.41. The summed E-state index contributed by atoms with van der Waals surface area (Å²) in [5, 5.41) is 2.80. The van der Waals surface area contributed by atoms with E-state index in [2.05, 4.69) is 19.8 Å². The second-order valence-corrected chi connectivity index (χ2v) is 8.33. The van der Waals surface area contributed by atoms with Crippen LogP contribution < -0.4 is 0 Å². The number of halogens is 7. The smallest absolute Gasteiger partial charge is 0.436 e. The Morgan fingerprint density at radius 3 is 2.24 bits per heavy atom. The fourth-order valence-corrected chi connectivity index (χ4v) is 3.57. The highest BCUT2D eigenvalue weighted by Crippen LogP contribution is 2.37. The van der Waals surface area contributed by atoms with Crippen molar-refractivity contribution in [3.8, 4) is 5.82 Å². The number of nitrogens with zero attached hydrogens (tertiary/aromatic N) is 4. The maximum absolute atomic E-state index is 13.4. The van der Waals surface area contributed by atoms with Gasteiger partial charge in [0.25, 0.3) is 0 Å². The normalized spacial score (nSPS) is 12.5. The van der Waals surface area contributed by atoms with E-state index < -0.39 is 44.7 Å². The lowest BCUT2D eigenvalue weighted by molar-refractivity contribution is -0.143. The first kappa shape index (κ1) is 23.7. The van der Waals surface area contributed by atoms with Gasteiger partial charge in [-0.3, -0.25) is 0 Å². The van der Waals surface area contributed by atoms with Crippen molar-refractivity contribution in [2.75, 3.05) is 6.61 Å². The van der Waals surface area contributed by atoms with Crippen LogP contribution in [0.3, 0.4) is 0 Å². The maximum Gasteiger partial charge on any atom is 0.436 e. The molecule has 0 amide bonds. The number of carbonyl (C=O) groups is 1. The van der Waals surface area contributed by atoms with E-state index in [1.165, 1.54) is 29.5 Å². The zero-order chi connectivity index (χ0) is 22.1. The third-order valence-corrected chi connectivity index (χ3v) is 4.98. The molecule has 160 valence electrons. The Morgan fingerprint density at radius 1 is 1.17 bits per heavy atom. The quantitative estimate of drug-likeness (QED) is 0.171. The van der Waals surface area contributed by atoms with Crippen molar-refractivity contribution in [2.45, 2.75) is 43.5 Å². The molecule has 0 saturated heterocycles. The first-order chi connectivity index (χ1) is 13.3. The number of ether oxygens (including phenoxy) is 1. The molecular formula is C15H13F6IN4O2S. The average Bonchev–Trinajstić information content (AvgIpc) is 3.00. The minimum Gasteiger partial charge on any atom is -0.462 e. The molecule has 2 aromatic heterocycles. The third-order valence-electron chi connectivity index (χ3n) is 3.12. The highest BCUT2D eigenvalue weighted by atomic mass is 127. The molecule has 0 unspecified atom stereocenters. The van der Waals surface area contributed by atoms with E-state index in [0.717, 1.165) is 11.8 Å². The summed E-state index contributed by atoms with van der Waals surface area (Å²) in [6.45, 7) is 4.58. The van der Waals surface area contributed by atoms with Crippen LogP contribution in [0.15, 0.2) is 11.4 Å². The Labute approximate surface area is 178 Å². The summed E-state index contributed by atoms with van der Waals surface area (Å²) >= 11 is 2.18. The van der Waals surface area contributed by atoms with Gasteiger partial charge in [0.2, 0.25) is 0 Å². The summed E-state index contributed by atoms with van der Waals surface area (Å²) < 4.78 is 84.5. The number of thioether (sulfide) groups is 1. The number of rotatable bonds is 5. The fourth-order valence-electron chi connectivity index (χ4n) is 2.07. The van der Waals surface area contributed by atoms with Gasteiger partial charge in [-0.15, -0.1) is 0 Å². The lowest BCUT2D eigenvalue weighted by Gasteiger charge is -2.14. The molecule has 0 aliphatic carbocycles. The van der Waals surface area contributed by atoms with Crippen molar-refractivity contribution in [3.63, 3.8) is 0 Å². The molecule has 0 bridgehead atoms. The van der Waals surface area contributed by atoms with Crippen molar-refractivity contribution in [3.05, 3.63) is 26.7 Å². The molecule has 2 aromatic rings. The van der Waals surface area contributed by atoms with E-state index in [4.69, 9.17) is 0 Å². The lowest BCUT2D eigenvalue weighted by Crippen LogP contribution is -2.17. The number of hydrogen-bond donors (Lipinski definition) is 0. The maximum atomic E-state index is 13.4. The summed E-state index contributed by atoms with van der Waals surface area (Å²) in [6.07, 6.45) is -9.26. The van der Waals surface area contributed by atoms with Crippen molar-refractivity contribution in [1.82, 2.24) is 19.7 Å². The number of hydrogen-bond acceptors (Lipinski definition) is 6. The summed E-state index contributed by atoms with van der Waals surface area (Å²) in [6, 6.07) is 0. The predicted octanol–water partition coefficient (Wildman–Crippen LogP) is 4.98. The minimum atomic E-state index is -5.03. The number of esters is 1. The second-order valence-electron chi connectivity index (χ2n) is 5.71. The molecule has 0 fully saturated rings. The van der Waals surface area contributed by atoms with Gasteiger partial charge in [0.15, 0.2) is 22.4 Å². The van der Waals surface area contributed by atoms with Crippen LogP contribution in [0.4, 0.5) is 26.3 Å². The van der Waals surface area contributed by atoms with Gasteiger partial charge in [-0.2, -0.15) is 31.4 Å². The molecular weight excluding hydrogens is 541 g/mol. The lowest BCUT2D eigenvalue weighted by atomic mass is 10.2. The molecule has 0 aromatic carbocycles. The second kappa shape index (κ2) is 8.65. The van der Waals surface area contributed by atoms with E-state index in [9.17, 15) is 31.1 Å². The van der Waals surface area contributed by atoms with Crippen LogP contribution in [-0.4, -0.2) is 37.6 Å². The van der Waals surface area contributed by atoms with Crippen molar-refractivity contribution >= 4 is 40.3 Å². The molecule has 2 rings (SSSR count). The molecule has 2 heterocycles. The third kappa shape index (κ3) is 5.52. The van der Waals surface area contributed by atoms with E-state index in [-0.39, 0.29) is 17.0 Å². The van der Waals surface area contributed by atoms with Crippen LogP contribution >= 0.6 is 34.4 Å². The van der Waals surface area contributed by atoms with Crippen molar-refractivity contribution < 1.29 is 35.9 Å². The molecule has 0 spiro atoms. The first-order valence-electron chi connectivity index (χ1n) is 7.91. The molecule has 0 aliphatic heterocycles. The van der Waals surface area contributed by atoms with Crippen molar-refractivity contribution in [2.24, 2.45) is 0 Å². The SMILES string of the molecule is CCOC(=O)c1cn(-c2nc(SC(C)C)nc(C(F)(F)F)c2I)nc1C(F)(F)F. The van der Waals surface area contributed by atoms with Gasteiger partial charge in [0.05, 0.1) is 10.2 Å². The Balaban J connectivity index is 2.74. The van der Waals surface area contributed by atoms with Crippen LogP contribution in [0.5, 0.6) is 0 Å². The zero-order valence-corrected chi connectivity index (χ0v) is 18.0. The Kier molecular flexibility index (Phi) is 7.07. The van der Waals surface area contributed by atoms with E-state index in [1.807, 2.05) is 0 Å². The van der Waals surface area contributed by atoms with Gasteiger partial charge in [-0.25, -0.2) is 19.4 Å². The van der Waals surface area contributed by atoms with Gasteiger partial charge >= 0.3 is 18.3 Å². The average molecular weight is 554 g/mol. The molecule has 0 saturated carbocycles. The molecule has 0 atom stereocenters. The van der Waals surface area contributed by atoms with Crippen LogP contribution in [-0.2, 0) is 17.1 Å². The van der Waals surface area contributed by atoms with Crippen LogP contribution in [0, 0.1) is 3.57 Å². The standard InChI is InChI=1S/C15H13F6IN4O2S/c1-4-28-12(27)7-5-26(25-9(7)14(16,17)18)11-8(22)10(15(19,20)21)23-13(24-11)29-6(2)3/h5-6H,4H2,1-3H3. The predicted molar refractivity (Wildman–Crippen MR) is 98.8 cm³/mol. The van der Waals surface area contributed by atoms with Crippen LogP contribution in [0.25, 0.3) is 5.82 Å².